The average Bonchev–Trinajstić information content (AvgIpc) is 1.89. The number of hydrogen-bond donors (Lipinski definition) is 1. The zero-order valence-electron chi connectivity index (χ0n) is 6.89. The highest BCUT2D eigenvalue weighted by Crippen LogP contribution is 2.04. The second kappa shape index (κ2) is 4.86. The summed E-state index contributed by atoms with van der Waals surface area (Å²) in [6.07, 6.45) is 7.54. The molecule has 0 heterocycles. The summed E-state index contributed by atoms with van der Waals surface area (Å²) in [6.45, 7) is 6.11. The summed E-state index contributed by atoms with van der Waals surface area (Å²) < 4.78 is 0. The molecule has 0 aliphatic carbocycles. The molecule has 0 fully saturated rings. The van der Waals surface area contributed by atoms with Crippen molar-refractivity contribution in [3.63, 3.8) is 0 Å². The number of allylic oxidation sites excluding steroid dienone is 5. The standard InChI is InChI=1S/C9H15N/c1-4-5-8(2)9(3)6-7-10/h4-7H,10H2,1-3H3/b5-4-,7-6-,9-8-. The van der Waals surface area contributed by atoms with Gasteiger partial charge in [-0.15, -0.1) is 0 Å². The van der Waals surface area contributed by atoms with Crippen LogP contribution in [0.4, 0.5) is 0 Å². The molecule has 0 unspecified atom stereocenters. The molecule has 0 saturated heterocycles. The van der Waals surface area contributed by atoms with Crippen LogP contribution in [0.3, 0.4) is 0 Å². The van der Waals surface area contributed by atoms with E-state index in [0.29, 0.717) is 0 Å². The summed E-state index contributed by atoms with van der Waals surface area (Å²) in [5.74, 6) is 0. The van der Waals surface area contributed by atoms with Crippen LogP contribution in [0.2, 0.25) is 0 Å². The Morgan fingerprint density at radius 2 is 1.60 bits per heavy atom. The largest absolute Gasteiger partial charge is 0.405 e. The maximum absolute atomic E-state index is 5.22. The summed E-state index contributed by atoms with van der Waals surface area (Å²) in [5, 5.41) is 0. The highest BCUT2D eigenvalue weighted by molar-refractivity contribution is 5.29. The molecule has 56 valence electrons. The quantitative estimate of drug-likeness (QED) is 0.581. The smallest absolute Gasteiger partial charge is 0.00596 e. The van der Waals surface area contributed by atoms with Crippen LogP contribution in [0.5, 0.6) is 0 Å². The monoisotopic (exact) mass is 137 g/mol. The molecular weight excluding hydrogens is 122 g/mol. The van der Waals surface area contributed by atoms with Crippen molar-refractivity contribution in [2.24, 2.45) is 5.73 Å². The minimum absolute atomic E-state index is 1.21. The topological polar surface area (TPSA) is 26.0 Å². The molecule has 0 rings (SSSR count). The molecule has 1 heteroatoms. The van der Waals surface area contributed by atoms with Gasteiger partial charge in [0.2, 0.25) is 0 Å². The van der Waals surface area contributed by atoms with Gasteiger partial charge in [0, 0.05) is 0 Å². The first-order valence-corrected chi connectivity index (χ1v) is 3.40. The third kappa shape index (κ3) is 3.13. The van der Waals surface area contributed by atoms with Crippen molar-refractivity contribution in [3.05, 3.63) is 35.6 Å². The molecule has 0 aromatic heterocycles. The van der Waals surface area contributed by atoms with Crippen LogP contribution >= 0.6 is 0 Å². The van der Waals surface area contributed by atoms with Crippen LogP contribution in [0.25, 0.3) is 0 Å². The predicted molar refractivity (Wildman–Crippen MR) is 46.5 cm³/mol. The number of nitrogens with two attached hydrogens (primary N) is 1. The Labute approximate surface area is 62.9 Å². The Morgan fingerprint density at radius 1 is 1.10 bits per heavy atom. The van der Waals surface area contributed by atoms with E-state index in [0.717, 1.165) is 0 Å². The number of rotatable bonds is 2. The average molecular weight is 137 g/mol. The van der Waals surface area contributed by atoms with E-state index < -0.39 is 0 Å². The summed E-state index contributed by atoms with van der Waals surface area (Å²) in [5.41, 5.74) is 7.69. The molecule has 0 aromatic carbocycles. The van der Waals surface area contributed by atoms with E-state index in [4.69, 9.17) is 5.73 Å². The summed E-state index contributed by atoms with van der Waals surface area (Å²) in [6, 6.07) is 0. The predicted octanol–water partition coefficient (Wildman–Crippen LogP) is 2.37. The second-order valence-electron chi connectivity index (χ2n) is 2.23. The molecule has 0 bridgehead atoms. The van der Waals surface area contributed by atoms with Gasteiger partial charge in [-0.3, -0.25) is 0 Å². The van der Waals surface area contributed by atoms with Gasteiger partial charge < -0.3 is 5.73 Å². The van der Waals surface area contributed by atoms with E-state index in [1.807, 2.05) is 26.0 Å². The van der Waals surface area contributed by atoms with Crippen LogP contribution in [0.15, 0.2) is 35.6 Å². The fraction of sp³-hybridized carbons (Fsp3) is 0.333. The Morgan fingerprint density at radius 3 is 2.00 bits per heavy atom. The van der Waals surface area contributed by atoms with Gasteiger partial charge in [-0.2, -0.15) is 0 Å². The lowest BCUT2D eigenvalue weighted by atomic mass is 10.1. The van der Waals surface area contributed by atoms with Crippen LogP contribution in [0, 0.1) is 0 Å². The van der Waals surface area contributed by atoms with Crippen LogP contribution in [-0.2, 0) is 0 Å². The van der Waals surface area contributed by atoms with Crippen molar-refractivity contribution in [2.75, 3.05) is 0 Å². The number of hydrogen-bond acceptors (Lipinski definition) is 1. The third-order valence-corrected chi connectivity index (χ3v) is 1.38. The maximum atomic E-state index is 5.22. The summed E-state index contributed by atoms with van der Waals surface area (Å²) in [4.78, 5) is 0. The van der Waals surface area contributed by atoms with E-state index in [1.165, 1.54) is 11.1 Å². The van der Waals surface area contributed by atoms with Crippen LogP contribution < -0.4 is 5.73 Å². The van der Waals surface area contributed by atoms with E-state index in [1.54, 1.807) is 6.20 Å². The zero-order chi connectivity index (χ0) is 7.98. The zero-order valence-corrected chi connectivity index (χ0v) is 6.89. The van der Waals surface area contributed by atoms with Crippen molar-refractivity contribution in [3.8, 4) is 0 Å². The van der Waals surface area contributed by atoms with E-state index in [9.17, 15) is 0 Å². The molecule has 2 N–H and O–H groups in total. The molecule has 0 aromatic rings. The fourth-order valence-corrected chi connectivity index (χ4v) is 0.657. The first-order valence-electron chi connectivity index (χ1n) is 3.40. The Hall–Kier alpha value is -0.980. The van der Waals surface area contributed by atoms with Crippen molar-refractivity contribution >= 4 is 0 Å². The molecule has 0 radical (unpaired) electrons. The highest BCUT2D eigenvalue weighted by Gasteiger charge is 1.85. The van der Waals surface area contributed by atoms with E-state index in [2.05, 4.69) is 13.0 Å². The molecule has 0 atom stereocenters. The van der Waals surface area contributed by atoms with E-state index >= 15 is 0 Å². The first kappa shape index (κ1) is 9.02. The van der Waals surface area contributed by atoms with Crippen LogP contribution in [0.1, 0.15) is 20.8 Å². The summed E-state index contributed by atoms with van der Waals surface area (Å²) >= 11 is 0. The minimum Gasteiger partial charge on any atom is -0.405 e. The van der Waals surface area contributed by atoms with Gasteiger partial charge in [-0.1, -0.05) is 12.2 Å². The molecule has 0 aliphatic rings. The molecular formula is C9H15N. The normalized spacial score (nSPS) is 14.7. The minimum atomic E-state index is 1.21. The molecule has 0 spiro atoms. The molecule has 0 amide bonds. The fourth-order valence-electron chi connectivity index (χ4n) is 0.657. The van der Waals surface area contributed by atoms with Gasteiger partial charge in [0.25, 0.3) is 0 Å². The Kier molecular flexibility index (Phi) is 4.38. The molecule has 10 heavy (non-hydrogen) atoms. The summed E-state index contributed by atoms with van der Waals surface area (Å²) in [7, 11) is 0. The molecule has 1 nitrogen and oxygen atoms in total. The highest BCUT2D eigenvalue weighted by atomic mass is 14.5. The lowest BCUT2D eigenvalue weighted by Crippen LogP contribution is -1.80. The Balaban J connectivity index is 4.33. The van der Waals surface area contributed by atoms with Crippen molar-refractivity contribution < 1.29 is 0 Å². The lowest BCUT2D eigenvalue weighted by molar-refractivity contribution is 1.36. The van der Waals surface area contributed by atoms with Crippen molar-refractivity contribution in [1.82, 2.24) is 0 Å². The van der Waals surface area contributed by atoms with Gasteiger partial charge in [-0.05, 0) is 44.2 Å². The van der Waals surface area contributed by atoms with E-state index in [-0.39, 0.29) is 0 Å². The second-order valence-corrected chi connectivity index (χ2v) is 2.23. The molecule has 0 saturated carbocycles. The van der Waals surface area contributed by atoms with Gasteiger partial charge in [0.1, 0.15) is 0 Å². The van der Waals surface area contributed by atoms with Crippen molar-refractivity contribution in [2.45, 2.75) is 20.8 Å². The lowest BCUT2D eigenvalue weighted by Gasteiger charge is -1.94. The van der Waals surface area contributed by atoms with Crippen molar-refractivity contribution in [1.29, 1.82) is 0 Å². The Bertz CT molecular complexity index is 153. The van der Waals surface area contributed by atoms with Gasteiger partial charge >= 0.3 is 0 Å². The SMILES string of the molecule is C\C=C/C(C)=C(C)\C=C/N. The molecule has 0 aliphatic heterocycles. The third-order valence-electron chi connectivity index (χ3n) is 1.38. The van der Waals surface area contributed by atoms with Gasteiger partial charge in [0.15, 0.2) is 0 Å². The first-order chi connectivity index (χ1) is 4.72. The van der Waals surface area contributed by atoms with Gasteiger partial charge in [-0.25, -0.2) is 0 Å². The maximum Gasteiger partial charge on any atom is -0.00596 e. The van der Waals surface area contributed by atoms with Crippen LogP contribution in [-0.4, -0.2) is 0 Å². The van der Waals surface area contributed by atoms with Gasteiger partial charge in [0.05, 0.1) is 0 Å².